The summed E-state index contributed by atoms with van der Waals surface area (Å²) in [7, 11) is 0. The summed E-state index contributed by atoms with van der Waals surface area (Å²) < 4.78 is 0.998. The van der Waals surface area contributed by atoms with Crippen LogP contribution >= 0.6 is 15.9 Å². The second-order valence-electron chi connectivity index (χ2n) is 4.67. The first-order chi connectivity index (χ1) is 7.57. The minimum Gasteiger partial charge on any atom is -0.390 e. The van der Waals surface area contributed by atoms with Gasteiger partial charge in [-0.3, -0.25) is 0 Å². The number of hydrogen-bond acceptors (Lipinski definition) is 3. The molecule has 1 aromatic rings. The molecule has 1 saturated heterocycles. The molecule has 1 N–H and O–H groups in total. The van der Waals surface area contributed by atoms with Gasteiger partial charge in [0.15, 0.2) is 0 Å². The van der Waals surface area contributed by atoms with Crippen LogP contribution < -0.4 is 4.90 Å². The Bertz CT molecular complexity index is 351. The molecule has 0 spiro atoms. The summed E-state index contributed by atoms with van der Waals surface area (Å²) in [5.74, 6) is 1.00. The van der Waals surface area contributed by atoms with Crippen LogP contribution in [0.25, 0.3) is 0 Å². The molecule has 0 radical (unpaired) electrons. The van der Waals surface area contributed by atoms with E-state index in [4.69, 9.17) is 0 Å². The Morgan fingerprint density at radius 3 is 2.88 bits per heavy atom. The quantitative estimate of drug-likeness (QED) is 0.861. The van der Waals surface area contributed by atoms with Gasteiger partial charge in [-0.2, -0.15) is 0 Å². The molecule has 1 aliphatic rings. The fourth-order valence-electron chi connectivity index (χ4n) is 2.05. The molecule has 0 saturated carbocycles. The molecule has 16 heavy (non-hydrogen) atoms. The third-order valence-electron chi connectivity index (χ3n) is 3.10. The van der Waals surface area contributed by atoms with Gasteiger partial charge >= 0.3 is 0 Å². The lowest BCUT2D eigenvalue weighted by Crippen LogP contribution is -2.28. The monoisotopic (exact) mass is 284 g/mol. The first-order valence-corrected chi connectivity index (χ1v) is 6.45. The van der Waals surface area contributed by atoms with E-state index in [0.717, 1.165) is 42.6 Å². The van der Waals surface area contributed by atoms with Crippen molar-refractivity contribution in [1.82, 2.24) is 4.98 Å². The van der Waals surface area contributed by atoms with Crippen molar-refractivity contribution in [3.05, 3.63) is 22.8 Å². The molecule has 0 aromatic carbocycles. The predicted molar refractivity (Wildman–Crippen MR) is 68.6 cm³/mol. The maximum atomic E-state index is 10.0. The molecule has 2 rings (SSSR count). The van der Waals surface area contributed by atoms with Gasteiger partial charge in [-0.1, -0.05) is 0 Å². The normalized spacial score (nSPS) is 26.6. The van der Waals surface area contributed by atoms with Crippen LogP contribution in [-0.4, -0.2) is 28.8 Å². The van der Waals surface area contributed by atoms with Gasteiger partial charge in [0.1, 0.15) is 5.82 Å². The zero-order valence-corrected chi connectivity index (χ0v) is 11.1. The highest BCUT2D eigenvalue weighted by molar-refractivity contribution is 9.10. The van der Waals surface area contributed by atoms with E-state index in [9.17, 15) is 5.11 Å². The summed E-state index contributed by atoms with van der Waals surface area (Å²) in [5.41, 5.74) is -0.510. The molecule has 3 nitrogen and oxygen atoms in total. The highest BCUT2D eigenvalue weighted by atomic mass is 79.9. The Morgan fingerprint density at radius 2 is 2.19 bits per heavy atom. The van der Waals surface area contributed by atoms with E-state index in [1.165, 1.54) is 0 Å². The molecule has 1 aliphatic heterocycles. The topological polar surface area (TPSA) is 36.4 Å². The van der Waals surface area contributed by atoms with Crippen molar-refractivity contribution in [2.45, 2.75) is 31.8 Å². The molecule has 1 atom stereocenters. The van der Waals surface area contributed by atoms with E-state index in [1.54, 1.807) is 0 Å². The van der Waals surface area contributed by atoms with Crippen molar-refractivity contribution in [1.29, 1.82) is 0 Å². The number of pyridine rings is 1. The van der Waals surface area contributed by atoms with Crippen LogP contribution in [0.5, 0.6) is 0 Å². The molecule has 2 heterocycles. The largest absolute Gasteiger partial charge is 0.390 e. The lowest BCUT2D eigenvalue weighted by molar-refractivity contribution is 0.0481. The highest BCUT2D eigenvalue weighted by Crippen LogP contribution is 2.24. The molecule has 1 unspecified atom stereocenters. The van der Waals surface area contributed by atoms with Gasteiger partial charge in [-0.25, -0.2) is 4.98 Å². The molecule has 1 fully saturated rings. The summed E-state index contributed by atoms with van der Waals surface area (Å²) >= 11 is 3.38. The van der Waals surface area contributed by atoms with Crippen LogP contribution in [0.15, 0.2) is 22.8 Å². The number of anilines is 1. The second-order valence-corrected chi connectivity index (χ2v) is 5.59. The average molecular weight is 285 g/mol. The van der Waals surface area contributed by atoms with Crippen molar-refractivity contribution in [3.63, 3.8) is 0 Å². The van der Waals surface area contributed by atoms with E-state index in [1.807, 2.05) is 25.3 Å². The summed E-state index contributed by atoms with van der Waals surface area (Å²) in [4.78, 5) is 6.63. The molecule has 0 aliphatic carbocycles. The SMILES string of the molecule is CC1(O)CCCN(c2ccc(Br)cn2)CC1. The highest BCUT2D eigenvalue weighted by Gasteiger charge is 2.25. The van der Waals surface area contributed by atoms with E-state index in [-0.39, 0.29) is 0 Å². The number of rotatable bonds is 1. The third-order valence-corrected chi connectivity index (χ3v) is 3.57. The van der Waals surface area contributed by atoms with Crippen molar-refractivity contribution in [2.24, 2.45) is 0 Å². The fraction of sp³-hybridized carbons (Fsp3) is 0.583. The van der Waals surface area contributed by atoms with Crippen LogP contribution in [0.2, 0.25) is 0 Å². The number of halogens is 1. The molecular weight excluding hydrogens is 268 g/mol. The van der Waals surface area contributed by atoms with Gasteiger partial charge in [0, 0.05) is 23.8 Å². The summed E-state index contributed by atoms with van der Waals surface area (Å²) in [6.07, 6.45) is 4.52. The molecular formula is C12H17BrN2O. The van der Waals surface area contributed by atoms with E-state index >= 15 is 0 Å². The Balaban J connectivity index is 2.08. The second kappa shape index (κ2) is 4.72. The summed E-state index contributed by atoms with van der Waals surface area (Å²) in [6, 6.07) is 4.02. The lowest BCUT2D eigenvalue weighted by atomic mass is 9.98. The maximum Gasteiger partial charge on any atom is 0.128 e. The van der Waals surface area contributed by atoms with Crippen LogP contribution in [-0.2, 0) is 0 Å². The molecule has 0 bridgehead atoms. The number of aromatic nitrogens is 1. The van der Waals surface area contributed by atoms with Gasteiger partial charge in [0.25, 0.3) is 0 Å². The molecule has 0 amide bonds. The smallest absolute Gasteiger partial charge is 0.128 e. The summed E-state index contributed by atoms with van der Waals surface area (Å²) in [6.45, 7) is 3.78. The van der Waals surface area contributed by atoms with Crippen LogP contribution in [0.3, 0.4) is 0 Å². The third kappa shape index (κ3) is 2.95. The fourth-order valence-corrected chi connectivity index (χ4v) is 2.28. The zero-order chi connectivity index (χ0) is 11.6. The van der Waals surface area contributed by atoms with E-state index in [2.05, 4.69) is 25.8 Å². The number of aliphatic hydroxyl groups is 1. The van der Waals surface area contributed by atoms with Crippen LogP contribution in [0.4, 0.5) is 5.82 Å². The summed E-state index contributed by atoms with van der Waals surface area (Å²) in [5, 5.41) is 10.0. The maximum absolute atomic E-state index is 10.0. The van der Waals surface area contributed by atoms with E-state index in [0.29, 0.717) is 0 Å². The number of hydrogen-bond donors (Lipinski definition) is 1. The molecule has 1 aromatic heterocycles. The van der Waals surface area contributed by atoms with Crippen molar-refractivity contribution >= 4 is 21.7 Å². The average Bonchev–Trinajstić information content (AvgIpc) is 2.41. The van der Waals surface area contributed by atoms with Gasteiger partial charge in [-0.05, 0) is 54.2 Å². The molecule has 88 valence electrons. The van der Waals surface area contributed by atoms with Crippen LogP contribution in [0, 0.1) is 0 Å². The first kappa shape index (κ1) is 11.9. The van der Waals surface area contributed by atoms with Crippen molar-refractivity contribution < 1.29 is 5.11 Å². The predicted octanol–water partition coefficient (Wildman–Crippen LogP) is 2.59. The minimum atomic E-state index is -0.510. The Morgan fingerprint density at radius 1 is 1.38 bits per heavy atom. The standard InChI is InChI=1S/C12H17BrN2O/c1-12(16)5-2-7-15(8-6-12)11-4-3-10(13)9-14-11/h3-4,9,16H,2,5-8H2,1H3. The van der Waals surface area contributed by atoms with Gasteiger partial charge in [0.2, 0.25) is 0 Å². The van der Waals surface area contributed by atoms with Crippen molar-refractivity contribution in [2.75, 3.05) is 18.0 Å². The Hall–Kier alpha value is -0.610. The van der Waals surface area contributed by atoms with Gasteiger partial charge in [0.05, 0.1) is 5.60 Å². The van der Waals surface area contributed by atoms with Gasteiger partial charge < -0.3 is 10.0 Å². The lowest BCUT2D eigenvalue weighted by Gasteiger charge is -2.23. The van der Waals surface area contributed by atoms with Gasteiger partial charge in [-0.15, -0.1) is 0 Å². The van der Waals surface area contributed by atoms with Crippen LogP contribution in [0.1, 0.15) is 26.2 Å². The van der Waals surface area contributed by atoms with E-state index < -0.39 is 5.60 Å². The Labute approximate surface area is 105 Å². The zero-order valence-electron chi connectivity index (χ0n) is 9.49. The van der Waals surface area contributed by atoms with Crippen molar-refractivity contribution in [3.8, 4) is 0 Å². The Kier molecular flexibility index (Phi) is 3.50. The first-order valence-electron chi connectivity index (χ1n) is 5.66. The number of nitrogens with zero attached hydrogens (tertiary/aromatic N) is 2. The minimum absolute atomic E-state index is 0.510. The molecule has 4 heteroatoms.